The number of aliphatic hydroxyl groups is 4. The molecule has 1 fully saturated rings. The number of amides is 1. The third kappa shape index (κ3) is 32.2. The highest BCUT2D eigenvalue weighted by molar-refractivity contribution is 7.80. The Kier molecular flexibility index (Phi) is 37.2. The number of ether oxygens (including phenoxy) is 2. The smallest absolute Gasteiger partial charge is 0.394 e. The van der Waals surface area contributed by atoms with Crippen LogP contribution in [-0.2, 0) is 28.9 Å². The van der Waals surface area contributed by atoms with Crippen LogP contribution in [0.15, 0.2) is 12.2 Å². The number of nitrogens with one attached hydrogen (secondary N) is 1. The summed E-state index contributed by atoms with van der Waals surface area (Å²) < 4.78 is 47.7. The Bertz CT molecular complexity index is 1140. The summed E-state index contributed by atoms with van der Waals surface area (Å²) in [6, 6.07) is -0.859. The second-order valence-corrected chi connectivity index (χ2v) is 18.8. The van der Waals surface area contributed by atoms with Crippen LogP contribution < -0.4 is 5.32 Å². The first-order chi connectivity index (χ1) is 29.5. The number of carbonyl (C=O) groups is 1. The molecule has 1 heterocycles. The maximum Gasteiger partial charge on any atom is 0.397 e. The van der Waals surface area contributed by atoms with E-state index in [2.05, 4.69) is 35.5 Å². The lowest BCUT2D eigenvalue weighted by Crippen LogP contribution is -2.61. The van der Waals surface area contributed by atoms with Crippen molar-refractivity contribution in [3.05, 3.63) is 12.2 Å². The van der Waals surface area contributed by atoms with Gasteiger partial charge in [-0.15, -0.1) is 0 Å². The number of allylic oxidation sites excluding steroid dienone is 2. The number of hydrogen-bond donors (Lipinski definition) is 6. The second kappa shape index (κ2) is 39.2. The van der Waals surface area contributed by atoms with Crippen LogP contribution in [0.3, 0.4) is 0 Å². The van der Waals surface area contributed by atoms with Gasteiger partial charge in [0.05, 0.1) is 25.4 Å². The molecule has 0 aromatic heterocycles. The van der Waals surface area contributed by atoms with Gasteiger partial charge in [-0.05, 0) is 38.5 Å². The van der Waals surface area contributed by atoms with Crippen LogP contribution in [0.2, 0.25) is 0 Å². The lowest BCUT2D eigenvalue weighted by molar-refractivity contribution is -0.298. The number of carbonyl (C=O) groups excluding carboxylic acids is 1. The van der Waals surface area contributed by atoms with Crippen LogP contribution in [0.4, 0.5) is 0 Å². The van der Waals surface area contributed by atoms with Crippen molar-refractivity contribution in [2.75, 3.05) is 13.2 Å². The van der Waals surface area contributed by atoms with Gasteiger partial charge in [0.25, 0.3) is 0 Å². The highest BCUT2D eigenvalue weighted by Gasteiger charge is 2.48. The third-order valence-corrected chi connectivity index (χ3v) is 12.5. The van der Waals surface area contributed by atoms with Gasteiger partial charge >= 0.3 is 10.4 Å². The molecule has 1 aliphatic heterocycles. The van der Waals surface area contributed by atoms with Crippen LogP contribution in [0.5, 0.6) is 0 Å². The van der Waals surface area contributed by atoms with E-state index in [1.165, 1.54) is 135 Å². The van der Waals surface area contributed by atoms with E-state index in [0.717, 1.165) is 64.2 Å². The van der Waals surface area contributed by atoms with Gasteiger partial charge in [0.2, 0.25) is 5.91 Å². The molecule has 0 spiro atoms. The topological polar surface area (TPSA) is 192 Å². The van der Waals surface area contributed by atoms with Gasteiger partial charge in [-0.25, -0.2) is 4.18 Å². The fourth-order valence-electron chi connectivity index (χ4n) is 8.16. The molecule has 1 rings (SSSR count). The van der Waals surface area contributed by atoms with Gasteiger partial charge in [-0.3, -0.25) is 9.35 Å². The minimum absolute atomic E-state index is 0.236. The first-order valence-electron chi connectivity index (χ1n) is 25.1. The van der Waals surface area contributed by atoms with E-state index in [9.17, 15) is 38.2 Å². The van der Waals surface area contributed by atoms with Crippen LogP contribution in [-0.4, -0.2) is 95.4 Å². The summed E-state index contributed by atoms with van der Waals surface area (Å²) in [5, 5.41) is 44.9. The molecule has 7 atom stereocenters. The van der Waals surface area contributed by atoms with Crippen LogP contribution >= 0.6 is 0 Å². The van der Waals surface area contributed by atoms with Crippen LogP contribution in [0.25, 0.3) is 0 Å². The number of aliphatic hydroxyl groups excluding tert-OH is 4. The first-order valence-corrected chi connectivity index (χ1v) is 26.4. The van der Waals surface area contributed by atoms with Crippen molar-refractivity contribution in [1.29, 1.82) is 0 Å². The predicted octanol–water partition coefficient (Wildman–Crippen LogP) is 10.3. The summed E-state index contributed by atoms with van der Waals surface area (Å²) in [5.74, 6) is -0.236. The molecule has 1 amide bonds. The van der Waals surface area contributed by atoms with Crippen molar-refractivity contribution in [3.63, 3.8) is 0 Å². The van der Waals surface area contributed by atoms with Crippen molar-refractivity contribution < 1.29 is 51.8 Å². The van der Waals surface area contributed by atoms with E-state index in [1.807, 2.05) is 0 Å². The molecular formula is C48H93NO11S. The van der Waals surface area contributed by atoms with Crippen molar-refractivity contribution in [2.24, 2.45) is 0 Å². The zero-order chi connectivity index (χ0) is 44.8. The normalized spacial score (nSPS) is 20.7. The van der Waals surface area contributed by atoms with E-state index >= 15 is 0 Å². The highest BCUT2D eigenvalue weighted by Crippen LogP contribution is 2.26. The Hall–Kier alpha value is -1.16. The van der Waals surface area contributed by atoms with Gasteiger partial charge in [-0.2, -0.15) is 8.42 Å². The minimum Gasteiger partial charge on any atom is -0.394 e. The van der Waals surface area contributed by atoms with Crippen molar-refractivity contribution in [1.82, 2.24) is 5.32 Å². The summed E-state index contributed by atoms with van der Waals surface area (Å²) in [5.41, 5.74) is 0. The monoisotopic (exact) mass is 892 g/mol. The summed E-state index contributed by atoms with van der Waals surface area (Å²) >= 11 is 0. The fraction of sp³-hybridized carbons (Fsp3) is 0.938. The molecule has 6 N–H and O–H groups in total. The fourth-order valence-corrected chi connectivity index (χ4v) is 8.67. The van der Waals surface area contributed by atoms with Crippen molar-refractivity contribution >= 4 is 16.3 Å². The Morgan fingerprint density at radius 1 is 0.639 bits per heavy atom. The van der Waals surface area contributed by atoms with Crippen LogP contribution in [0, 0.1) is 0 Å². The maximum atomic E-state index is 13.1. The molecule has 1 aliphatic rings. The second-order valence-electron chi connectivity index (χ2n) is 17.8. The van der Waals surface area contributed by atoms with Gasteiger partial charge in [0.15, 0.2) is 6.29 Å². The zero-order valence-corrected chi connectivity index (χ0v) is 39.6. The molecule has 7 unspecified atom stereocenters. The molecule has 12 nitrogen and oxygen atoms in total. The van der Waals surface area contributed by atoms with Gasteiger partial charge in [0.1, 0.15) is 24.4 Å². The van der Waals surface area contributed by atoms with Crippen molar-refractivity contribution in [3.8, 4) is 0 Å². The highest BCUT2D eigenvalue weighted by atomic mass is 32.3. The average Bonchev–Trinajstić information content (AvgIpc) is 3.23. The minimum atomic E-state index is -5.08. The Balaban J connectivity index is 2.46. The van der Waals surface area contributed by atoms with E-state index in [1.54, 1.807) is 0 Å². The Morgan fingerprint density at radius 2 is 1.05 bits per heavy atom. The summed E-state index contributed by atoms with van der Waals surface area (Å²) in [6.45, 7) is 3.46. The molecule has 0 aromatic carbocycles. The molecule has 61 heavy (non-hydrogen) atoms. The molecule has 0 aliphatic carbocycles. The SMILES string of the molecule is CCCCCCCCCCC/C=C\CCCCCCCC(=O)NC(COC1OC(CO)C(O)C(OS(=O)(=O)O)C1O)C(O)CCCCCCCCCCCCCCCCCC. The molecule has 13 heteroatoms. The standard InChI is InChI=1S/C48H93NO11S/c1-3-5-7-9-11-13-15-17-19-21-22-24-26-28-30-32-34-36-38-44(52)49-41(40-58-48-46(54)47(60-61(55,56)57)45(53)43(39-50)59-48)42(51)37-35-33-31-29-27-25-23-20-18-16-14-12-10-8-6-4-2/h22,24,41-43,45-48,50-51,53-54H,3-21,23,25-40H2,1-2H3,(H,49,52)(H,55,56,57)/b24-22-. The largest absolute Gasteiger partial charge is 0.397 e. The summed E-state index contributed by atoms with van der Waals surface area (Å²) in [6.07, 6.45) is 34.9. The predicted molar refractivity (Wildman–Crippen MR) is 246 cm³/mol. The number of unbranched alkanes of at least 4 members (excludes halogenated alkanes) is 29. The number of hydrogen-bond acceptors (Lipinski definition) is 10. The lowest BCUT2D eigenvalue weighted by atomic mass is 9.99. The summed E-state index contributed by atoms with van der Waals surface area (Å²) in [4.78, 5) is 13.1. The maximum absolute atomic E-state index is 13.1. The molecule has 0 bridgehead atoms. The van der Waals surface area contributed by atoms with E-state index in [0.29, 0.717) is 12.8 Å². The lowest BCUT2D eigenvalue weighted by Gasteiger charge is -2.41. The third-order valence-electron chi connectivity index (χ3n) is 12.1. The van der Waals surface area contributed by atoms with Gasteiger partial charge in [0, 0.05) is 6.42 Å². The van der Waals surface area contributed by atoms with Crippen LogP contribution in [0.1, 0.15) is 232 Å². The first kappa shape index (κ1) is 57.9. The zero-order valence-electron chi connectivity index (χ0n) is 38.7. The van der Waals surface area contributed by atoms with Crippen molar-refractivity contribution in [2.45, 2.75) is 275 Å². The molecular weight excluding hydrogens is 799 g/mol. The molecule has 0 saturated carbocycles. The van der Waals surface area contributed by atoms with E-state index in [-0.39, 0.29) is 18.9 Å². The van der Waals surface area contributed by atoms with Gasteiger partial charge in [-0.1, -0.05) is 199 Å². The van der Waals surface area contributed by atoms with E-state index in [4.69, 9.17) is 9.47 Å². The quantitative estimate of drug-likeness (QED) is 0.0194. The van der Waals surface area contributed by atoms with Gasteiger partial charge < -0.3 is 35.2 Å². The molecule has 362 valence electrons. The molecule has 0 aromatic rings. The Morgan fingerprint density at radius 3 is 1.48 bits per heavy atom. The number of rotatable bonds is 43. The molecule has 1 saturated heterocycles. The summed E-state index contributed by atoms with van der Waals surface area (Å²) in [7, 11) is -5.08. The van der Waals surface area contributed by atoms with E-state index < -0.39 is 59.9 Å². The molecule has 0 radical (unpaired) electrons. The average molecular weight is 892 g/mol. The Labute approximate surface area is 372 Å².